The number of aliphatic imine (C=N–C) groups is 1. The number of allylic oxidation sites excluding steroid dienone is 1. The van der Waals surface area contributed by atoms with Crippen LogP contribution in [0.5, 0.6) is 11.5 Å². The van der Waals surface area contributed by atoms with Gasteiger partial charge in [-0.05, 0) is 53.3 Å². The molecule has 1 atom stereocenters. The second-order valence-electron chi connectivity index (χ2n) is 9.65. The lowest BCUT2D eigenvalue weighted by molar-refractivity contribution is -0.136. The minimum Gasteiger partial charge on any atom is -0.493 e. The quantitative estimate of drug-likeness (QED) is 0.297. The molecule has 0 bridgehead atoms. The summed E-state index contributed by atoms with van der Waals surface area (Å²) in [5, 5.41) is 5.40. The standard InChI is InChI=1S/C32H30FN3O5S/c1-20-29(31(38)40-3)30(23-11-14-26(27(15-23)39-2)41-18-22-7-5-4-6-8-22)36-25(19-42-32(36)35-20)16-28(37)34-17-21-9-12-24(33)13-10-21/h4-15,19,30H,16-18H2,1-3H3,(H,34,37). The number of halogens is 1. The third-order valence-corrected chi connectivity index (χ3v) is 7.78. The third kappa shape index (κ3) is 6.33. The summed E-state index contributed by atoms with van der Waals surface area (Å²) in [6.07, 6.45) is 0.0482. The smallest absolute Gasteiger partial charge is 0.338 e. The highest BCUT2D eigenvalue weighted by molar-refractivity contribution is 8.16. The van der Waals surface area contributed by atoms with Gasteiger partial charge in [0.25, 0.3) is 0 Å². The molecule has 1 N–H and O–H groups in total. The first-order chi connectivity index (χ1) is 20.4. The average Bonchev–Trinajstić information content (AvgIpc) is 3.40. The Morgan fingerprint density at radius 2 is 1.76 bits per heavy atom. The van der Waals surface area contributed by atoms with Crippen LogP contribution in [-0.4, -0.2) is 36.2 Å². The minimum absolute atomic E-state index is 0.0482. The number of benzene rings is 3. The van der Waals surface area contributed by atoms with Gasteiger partial charge in [0.05, 0.1) is 38.0 Å². The second kappa shape index (κ2) is 12.9. The summed E-state index contributed by atoms with van der Waals surface area (Å²) in [4.78, 5) is 32.6. The van der Waals surface area contributed by atoms with Crippen molar-refractivity contribution in [1.82, 2.24) is 10.2 Å². The number of carbonyl (C=O) groups excluding carboxylic acids is 2. The highest BCUT2D eigenvalue weighted by Gasteiger charge is 2.41. The summed E-state index contributed by atoms with van der Waals surface area (Å²) in [7, 11) is 2.89. The van der Waals surface area contributed by atoms with Crippen molar-refractivity contribution in [3.8, 4) is 11.5 Å². The number of rotatable bonds is 10. The summed E-state index contributed by atoms with van der Waals surface area (Å²) in [6.45, 7) is 2.40. The van der Waals surface area contributed by atoms with E-state index in [1.165, 1.54) is 31.0 Å². The van der Waals surface area contributed by atoms with Crippen LogP contribution in [0.4, 0.5) is 4.39 Å². The van der Waals surface area contributed by atoms with E-state index >= 15 is 0 Å². The van der Waals surface area contributed by atoms with Gasteiger partial charge in [-0.25, -0.2) is 14.2 Å². The van der Waals surface area contributed by atoms with Gasteiger partial charge in [-0.3, -0.25) is 4.79 Å². The number of esters is 1. The molecule has 0 saturated heterocycles. The topological polar surface area (TPSA) is 89.5 Å². The zero-order valence-corrected chi connectivity index (χ0v) is 24.2. The van der Waals surface area contributed by atoms with E-state index in [9.17, 15) is 14.0 Å². The minimum atomic E-state index is -0.617. The molecule has 0 spiro atoms. The number of thioether (sulfide) groups is 1. The van der Waals surface area contributed by atoms with Crippen LogP contribution in [0.1, 0.15) is 36.1 Å². The van der Waals surface area contributed by atoms with E-state index in [1.54, 1.807) is 26.2 Å². The predicted molar refractivity (Wildman–Crippen MR) is 159 cm³/mol. The molecule has 0 aliphatic carbocycles. The fraction of sp³-hybridized carbons (Fsp3) is 0.219. The van der Waals surface area contributed by atoms with Crippen LogP contribution in [0, 0.1) is 5.82 Å². The Hall–Kier alpha value is -4.57. The van der Waals surface area contributed by atoms with E-state index in [1.807, 2.05) is 58.8 Å². The molecule has 2 aliphatic heterocycles. The maximum absolute atomic E-state index is 13.2. The lowest BCUT2D eigenvalue weighted by Crippen LogP contribution is -2.37. The number of amides is 1. The maximum atomic E-state index is 13.2. The Balaban J connectivity index is 1.41. The van der Waals surface area contributed by atoms with Crippen molar-refractivity contribution in [2.75, 3.05) is 14.2 Å². The van der Waals surface area contributed by atoms with Gasteiger partial charge < -0.3 is 24.4 Å². The molecule has 0 radical (unpaired) electrons. The first kappa shape index (κ1) is 28.9. The van der Waals surface area contributed by atoms with Crippen molar-refractivity contribution in [2.45, 2.75) is 32.5 Å². The number of hydrogen-bond acceptors (Lipinski definition) is 8. The Morgan fingerprint density at radius 1 is 1.00 bits per heavy atom. The molecular weight excluding hydrogens is 557 g/mol. The number of fused-ring (bicyclic) bond motifs is 1. The zero-order valence-electron chi connectivity index (χ0n) is 23.4. The fourth-order valence-corrected chi connectivity index (χ4v) is 5.76. The van der Waals surface area contributed by atoms with Gasteiger partial charge in [-0.2, -0.15) is 0 Å². The lowest BCUT2D eigenvalue weighted by Gasteiger charge is -2.36. The SMILES string of the molecule is COC(=O)C1=C(C)N=C2SC=C(CC(=O)NCc3ccc(F)cc3)N2C1c1ccc(OCc2ccccc2)c(OC)c1. The number of ether oxygens (including phenoxy) is 3. The van der Waals surface area contributed by atoms with Crippen LogP contribution in [-0.2, 0) is 27.5 Å². The van der Waals surface area contributed by atoms with E-state index in [2.05, 4.69) is 10.3 Å². The molecule has 5 rings (SSSR count). The molecule has 2 aliphatic rings. The number of nitrogens with one attached hydrogen (secondary N) is 1. The molecule has 3 aromatic rings. The molecule has 216 valence electrons. The Morgan fingerprint density at radius 3 is 2.48 bits per heavy atom. The van der Waals surface area contributed by atoms with Gasteiger partial charge in [-0.1, -0.05) is 60.3 Å². The summed E-state index contributed by atoms with van der Waals surface area (Å²) in [5.41, 5.74) is 4.12. The number of nitrogens with zero attached hydrogens (tertiary/aromatic N) is 2. The highest BCUT2D eigenvalue weighted by atomic mass is 32.2. The van der Waals surface area contributed by atoms with E-state index < -0.39 is 12.0 Å². The molecule has 2 heterocycles. The van der Waals surface area contributed by atoms with Crippen molar-refractivity contribution in [1.29, 1.82) is 0 Å². The first-order valence-corrected chi connectivity index (χ1v) is 14.1. The second-order valence-corrected chi connectivity index (χ2v) is 10.5. The molecule has 0 saturated carbocycles. The number of methoxy groups -OCH3 is 2. The van der Waals surface area contributed by atoms with Crippen molar-refractivity contribution < 1.29 is 28.2 Å². The highest BCUT2D eigenvalue weighted by Crippen LogP contribution is 2.46. The summed E-state index contributed by atoms with van der Waals surface area (Å²) in [6, 6.07) is 20.7. The number of hydrogen-bond donors (Lipinski definition) is 1. The van der Waals surface area contributed by atoms with Crippen LogP contribution >= 0.6 is 11.8 Å². The monoisotopic (exact) mass is 587 g/mol. The van der Waals surface area contributed by atoms with E-state index in [0.717, 1.165) is 16.7 Å². The number of amidine groups is 1. The third-order valence-electron chi connectivity index (χ3n) is 6.89. The largest absolute Gasteiger partial charge is 0.493 e. The van der Waals surface area contributed by atoms with Crippen molar-refractivity contribution in [2.24, 2.45) is 4.99 Å². The molecule has 10 heteroatoms. The Bertz CT molecular complexity index is 1570. The Labute approximate surface area is 247 Å². The fourth-order valence-electron chi connectivity index (χ4n) is 4.79. The van der Waals surface area contributed by atoms with Crippen LogP contribution in [0.3, 0.4) is 0 Å². The summed E-state index contributed by atoms with van der Waals surface area (Å²) >= 11 is 1.38. The van der Waals surface area contributed by atoms with Crippen molar-refractivity contribution in [3.63, 3.8) is 0 Å². The van der Waals surface area contributed by atoms with Crippen LogP contribution in [0.2, 0.25) is 0 Å². The molecule has 8 nitrogen and oxygen atoms in total. The zero-order chi connectivity index (χ0) is 29.6. The van der Waals surface area contributed by atoms with Gasteiger partial charge in [0.1, 0.15) is 12.4 Å². The summed E-state index contributed by atoms with van der Waals surface area (Å²) < 4.78 is 30.1. The molecule has 1 amide bonds. The van der Waals surface area contributed by atoms with E-state index in [-0.39, 0.29) is 24.7 Å². The maximum Gasteiger partial charge on any atom is 0.338 e. The van der Waals surface area contributed by atoms with Gasteiger partial charge in [-0.15, -0.1) is 0 Å². The van der Waals surface area contributed by atoms with Gasteiger partial charge in [0.15, 0.2) is 16.7 Å². The van der Waals surface area contributed by atoms with Gasteiger partial charge >= 0.3 is 5.97 Å². The normalized spacial score (nSPS) is 15.9. The lowest BCUT2D eigenvalue weighted by atomic mass is 9.93. The summed E-state index contributed by atoms with van der Waals surface area (Å²) in [5.74, 6) is -0.0102. The van der Waals surface area contributed by atoms with E-state index in [4.69, 9.17) is 14.2 Å². The molecule has 1 unspecified atom stereocenters. The van der Waals surface area contributed by atoms with Crippen molar-refractivity contribution >= 4 is 28.8 Å². The van der Waals surface area contributed by atoms with E-state index in [0.29, 0.717) is 40.2 Å². The Kier molecular flexibility index (Phi) is 8.92. The van der Waals surface area contributed by atoms with Crippen molar-refractivity contribution in [3.05, 3.63) is 118 Å². The van der Waals surface area contributed by atoms with Crippen LogP contribution in [0.25, 0.3) is 0 Å². The van der Waals surface area contributed by atoms with Crippen LogP contribution in [0.15, 0.2) is 100 Å². The van der Waals surface area contributed by atoms with Crippen LogP contribution < -0.4 is 14.8 Å². The molecule has 0 aromatic heterocycles. The molecule has 42 heavy (non-hydrogen) atoms. The van der Waals surface area contributed by atoms with Gasteiger partial charge in [0.2, 0.25) is 5.91 Å². The predicted octanol–water partition coefficient (Wildman–Crippen LogP) is 5.87. The number of carbonyl (C=O) groups is 2. The average molecular weight is 588 g/mol. The molecule has 0 fully saturated rings. The molecular formula is C32H30FN3O5S. The molecule has 3 aromatic carbocycles. The van der Waals surface area contributed by atoms with Gasteiger partial charge in [0, 0.05) is 12.2 Å². The first-order valence-electron chi connectivity index (χ1n) is 13.3.